The van der Waals surface area contributed by atoms with E-state index in [-0.39, 0.29) is 16.2 Å². The monoisotopic (exact) mass is 369 g/mol. The van der Waals surface area contributed by atoms with E-state index in [2.05, 4.69) is 10.3 Å². The second-order valence-electron chi connectivity index (χ2n) is 5.69. The highest BCUT2D eigenvalue weighted by Crippen LogP contribution is 2.39. The van der Waals surface area contributed by atoms with Gasteiger partial charge in [0, 0.05) is 18.8 Å². The highest BCUT2D eigenvalue weighted by Gasteiger charge is 2.38. The molecule has 2 atom stereocenters. The number of H-pyrrole nitrogens is 1. The molecule has 128 valence electrons. The number of sulfone groups is 1. The summed E-state index contributed by atoms with van der Waals surface area (Å²) in [7, 11) is -1.96. The summed E-state index contributed by atoms with van der Waals surface area (Å²) in [6.45, 7) is 1.59. The summed E-state index contributed by atoms with van der Waals surface area (Å²) in [4.78, 5) is 37.6. The van der Waals surface area contributed by atoms with E-state index in [9.17, 15) is 22.8 Å². The lowest BCUT2D eigenvalue weighted by atomic mass is 10.0. The topological polar surface area (TPSA) is 118 Å². The molecule has 0 saturated carbocycles. The Balaban J connectivity index is 1.95. The Morgan fingerprint density at radius 1 is 1.42 bits per heavy atom. The minimum absolute atomic E-state index is 0.199. The normalized spacial score (nSPS) is 21.9. The van der Waals surface area contributed by atoms with Crippen molar-refractivity contribution in [2.75, 3.05) is 0 Å². The maximum atomic E-state index is 12.4. The van der Waals surface area contributed by atoms with Gasteiger partial charge < -0.3 is 9.88 Å². The molecular formula is C14H15N3O5S2. The van der Waals surface area contributed by atoms with Gasteiger partial charge in [0.05, 0.1) is 11.3 Å². The van der Waals surface area contributed by atoms with E-state index in [1.807, 2.05) is 0 Å². The SMILES string of the molecule is C[C@H]1C[C@H](NC(=O)c2cn(C)c(=O)[nH]c2=O)c2ccsc2S1(=O)=O. The van der Waals surface area contributed by atoms with Crippen LogP contribution in [0.25, 0.3) is 0 Å². The van der Waals surface area contributed by atoms with E-state index in [4.69, 9.17) is 0 Å². The van der Waals surface area contributed by atoms with Crippen molar-refractivity contribution in [2.24, 2.45) is 7.05 Å². The summed E-state index contributed by atoms with van der Waals surface area (Å²) < 4.78 is 26.0. The molecule has 2 aromatic rings. The van der Waals surface area contributed by atoms with Crippen molar-refractivity contribution in [1.29, 1.82) is 0 Å². The standard InChI is InChI=1S/C14H15N3O5S2/c1-7-5-10(8-3-4-23-13(8)24(7,21)22)15-11(18)9-6-17(2)14(20)16-12(9)19/h3-4,6-7,10H,5H2,1-2H3,(H,15,18)(H,16,19,20)/t7-,10-/m0/s1. The van der Waals surface area contributed by atoms with Crippen molar-refractivity contribution in [3.63, 3.8) is 0 Å². The van der Waals surface area contributed by atoms with Crippen molar-refractivity contribution in [1.82, 2.24) is 14.9 Å². The number of carbonyl (C=O) groups excluding carboxylic acids is 1. The van der Waals surface area contributed by atoms with E-state index in [1.54, 1.807) is 18.4 Å². The fourth-order valence-electron chi connectivity index (χ4n) is 2.66. The highest BCUT2D eigenvalue weighted by molar-refractivity contribution is 7.94. The molecule has 0 fully saturated rings. The van der Waals surface area contributed by atoms with Crippen molar-refractivity contribution >= 4 is 27.1 Å². The number of carbonyl (C=O) groups is 1. The van der Waals surface area contributed by atoms with E-state index in [0.717, 1.165) is 22.1 Å². The summed E-state index contributed by atoms with van der Waals surface area (Å²) in [6, 6.07) is 1.16. The number of amides is 1. The van der Waals surface area contributed by atoms with Crippen LogP contribution in [0.1, 0.15) is 35.3 Å². The van der Waals surface area contributed by atoms with Gasteiger partial charge in [-0.2, -0.15) is 0 Å². The lowest BCUT2D eigenvalue weighted by molar-refractivity contribution is 0.0931. The number of thiophene rings is 1. The molecule has 3 heterocycles. The number of nitrogens with zero attached hydrogens (tertiary/aromatic N) is 1. The van der Waals surface area contributed by atoms with Gasteiger partial charge in [-0.25, -0.2) is 13.2 Å². The fourth-order valence-corrected chi connectivity index (χ4v) is 5.89. The van der Waals surface area contributed by atoms with Gasteiger partial charge in [-0.15, -0.1) is 11.3 Å². The first-order valence-corrected chi connectivity index (χ1v) is 9.56. The van der Waals surface area contributed by atoms with Crippen molar-refractivity contribution in [3.8, 4) is 0 Å². The van der Waals surface area contributed by atoms with Crippen LogP contribution in [0.4, 0.5) is 0 Å². The van der Waals surface area contributed by atoms with Gasteiger partial charge in [0.15, 0.2) is 9.84 Å². The molecule has 0 aromatic carbocycles. The molecule has 2 N–H and O–H groups in total. The lowest BCUT2D eigenvalue weighted by Gasteiger charge is -2.27. The Kier molecular flexibility index (Phi) is 3.96. The van der Waals surface area contributed by atoms with Crippen LogP contribution in [-0.4, -0.2) is 29.1 Å². The smallest absolute Gasteiger partial charge is 0.328 e. The average Bonchev–Trinajstić information content (AvgIpc) is 2.99. The minimum atomic E-state index is -3.38. The van der Waals surface area contributed by atoms with Crippen molar-refractivity contribution in [3.05, 3.63) is 49.6 Å². The van der Waals surface area contributed by atoms with Crippen molar-refractivity contribution < 1.29 is 13.2 Å². The molecule has 0 saturated heterocycles. The summed E-state index contributed by atoms with van der Waals surface area (Å²) in [5.41, 5.74) is -1.06. The van der Waals surface area contributed by atoms with Crippen LogP contribution in [-0.2, 0) is 16.9 Å². The fraction of sp³-hybridized carbons (Fsp3) is 0.357. The van der Waals surface area contributed by atoms with Crippen LogP contribution in [0.15, 0.2) is 31.4 Å². The zero-order valence-corrected chi connectivity index (χ0v) is 14.5. The molecule has 0 unspecified atom stereocenters. The summed E-state index contributed by atoms with van der Waals surface area (Å²) >= 11 is 1.12. The molecular weight excluding hydrogens is 354 g/mol. The number of fused-ring (bicyclic) bond motifs is 1. The Morgan fingerprint density at radius 3 is 2.83 bits per heavy atom. The van der Waals surface area contributed by atoms with Gasteiger partial charge in [-0.3, -0.25) is 14.6 Å². The molecule has 0 bridgehead atoms. The van der Waals surface area contributed by atoms with Crippen molar-refractivity contribution in [2.45, 2.75) is 28.8 Å². The van der Waals surface area contributed by atoms with Crippen LogP contribution in [0.3, 0.4) is 0 Å². The summed E-state index contributed by atoms with van der Waals surface area (Å²) in [5.74, 6) is -0.652. The van der Waals surface area contributed by atoms with Crippen LogP contribution in [0, 0.1) is 0 Å². The zero-order chi connectivity index (χ0) is 17.6. The Bertz CT molecular complexity index is 1030. The highest BCUT2D eigenvalue weighted by atomic mass is 32.2. The lowest BCUT2D eigenvalue weighted by Crippen LogP contribution is -2.40. The molecule has 0 spiro atoms. The van der Waals surface area contributed by atoms with Gasteiger partial charge in [0.1, 0.15) is 9.77 Å². The molecule has 1 aliphatic rings. The largest absolute Gasteiger partial charge is 0.345 e. The number of aromatic nitrogens is 2. The molecule has 8 nitrogen and oxygen atoms in total. The molecule has 10 heteroatoms. The van der Waals surface area contributed by atoms with E-state index in [0.29, 0.717) is 5.56 Å². The molecule has 24 heavy (non-hydrogen) atoms. The second kappa shape index (κ2) is 5.71. The molecule has 2 aromatic heterocycles. The average molecular weight is 369 g/mol. The number of hydrogen-bond acceptors (Lipinski definition) is 6. The van der Waals surface area contributed by atoms with Crippen LogP contribution >= 0.6 is 11.3 Å². The van der Waals surface area contributed by atoms with Gasteiger partial charge >= 0.3 is 5.69 Å². The van der Waals surface area contributed by atoms with Gasteiger partial charge in [0.25, 0.3) is 11.5 Å². The van der Waals surface area contributed by atoms with Gasteiger partial charge in [0.2, 0.25) is 0 Å². The third kappa shape index (κ3) is 2.61. The Labute approximate surface area is 141 Å². The van der Waals surface area contributed by atoms with Crippen LogP contribution in [0.5, 0.6) is 0 Å². The first-order chi connectivity index (χ1) is 11.2. The van der Waals surface area contributed by atoms with E-state index in [1.165, 1.54) is 7.05 Å². The minimum Gasteiger partial charge on any atom is -0.345 e. The predicted octanol–water partition coefficient (Wildman–Crippen LogP) is 0.172. The number of rotatable bonds is 2. The quantitative estimate of drug-likeness (QED) is 0.782. The zero-order valence-electron chi connectivity index (χ0n) is 12.9. The molecule has 3 rings (SSSR count). The summed E-state index contributed by atoms with van der Waals surface area (Å²) in [5, 5.41) is 3.73. The third-order valence-electron chi connectivity index (χ3n) is 4.05. The van der Waals surface area contributed by atoms with Crippen LogP contribution in [0.2, 0.25) is 0 Å². The predicted molar refractivity (Wildman–Crippen MR) is 88.1 cm³/mol. The number of nitrogens with one attached hydrogen (secondary N) is 2. The Morgan fingerprint density at radius 2 is 2.12 bits per heavy atom. The van der Waals surface area contributed by atoms with Gasteiger partial charge in [-0.1, -0.05) is 0 Å². The number of aryl methyl sites for hydroxylation is 1. The maximum absolute atomic E-state index is 12.4. The van der Waals surface area contributed by atoms with Crippen LogP contribution < -0.4 is 16.6 Å². The van der Waals surface area contributed by atoms with E-state index >= 15 is 0 Å². The summed E-state index contributed by atoms with van der Waals surface area (Å²) in [6.07, 6.45) is 1.38. The maximum Gasteiger partial charge on any atom is 0.328 e. The number of hydrogen-bond donors (Lipinski definition) is 2. The first kappa shape index (κ1) is 16.7. The van der Waals surface area contributed by atoms with Gasteiger partial charge in [-0.05, 0) is 24.8 Å². The number of aromatic amines is 1. The molecule has 1 amide bonds. The third-order valence-corrected chi connectivity index (χ3v) is 7.76. The van der Waals surface area contributed by atoms with E-state index < -0.39 is 38.3 Å². The molecule has 0 aliphatic carbocycles. The molecule has 0 radical (unpaired) electrons. The Hall–Kier alpha value is -2.20. The first-order valence-electron chi connectivity index (χ1n) is 7.14. The second-order valence-corrected chi connectivity index (χ2v) is 9.17. The molecule has 1 aliphatic heterocycles.